The van der Waals surface area contributed by atoms with Crippen molar-refractivity contribution in [2.24, 2.45) is 0 Å². The zero-order chi connectivity index (χ0) is 16.8. The molecule has 0 bridgehead atoms. The van der Waals surface area contributed by atoms with Crippen molar-refractivity contribution < 1.29 is 9.72 Å². The fourth-order valence-electron chi connectivity index (χ4n) is 2.00. The molecule has 23 heavy (non-hydrogen) atoms. The highest BCUT2D eigenvalue weighted by Crippen LogP contribution is 2.18. The molecule has 7 heteroatoms. The van der Waals surface area contributed by atoms with E-state index in [0.717, 1.165) is 5.56 Å². The molecule has 0 aromatic heterocycles. The van der Waals surface area contributed by atoms with Gasteiger partial charge in [-0.2, -0.15) is 0 Å². The Hall–Kier alpha value is -2.60. The lowest BCUT2D eigenvalue weighted by Crippen LogP contribution is -2.37. The first-order chi connectivity index (χ1) is 11.0. The highest BCUT2D eigenvalue weighted by atomic mass is 35.5. The molecule has 0 saturated heterocycles. The van der Waals surface area contributed by atoms with Crippen LogP contribution in [0.5, 0.6) is 0 Å². The van der Waals surface area contributed by atoms with Crippen LogP contribution in [0.3, 0.4) is 0 Å². The Bertz CT molecular complexity index is 721. The van der Waals surface area contributed by atoms with Gasteiger partial charge in [0.2, 0.25) is 5.91 Å². The molecule has 0 fully saturated rings. The van der Waals surface area contributed by atoms with E-state index in [-0.39, 0.29) is 11.6 Å². The molecule has 0 spiro atoms. The number of amides is 1. The minimum absolute atomic E-state index is 0.0290. The van der Waals surface area contributed by atoms with Crippen molar-refractivity contribution in [3.8, 4) is 0 Å². The predicted octanol–water partition coefficient (Wildman–Crippen LogP) is 3.37. The second kappa shape index (κ2) is 7.60. The molecule has 0 aliphatic carbocycles. The lowest BCUT2D eigenvalue weighted by atomic mass is 10.2. The van der Waals surface area contributed by atoms with Gasteiger partial charge in [0, 0.05) is 29.4 Å². The second-order valence-corrected chi connectivity index (χ2v) is 5.39. The zero-order valence-corrected chi connectivity index (χ0v) is 13.2. The summed E-state index contributed by atoms with van der Waals surface area (Å²) < 4.78 is 0. The molecule has 0 heterocycles. The summed E-state index contributed by atoms with van der Waals surface area (Å²) >= 11 is 6.03. The Morgan fingerprint density at radius 1 is 1.26 bits per heavy atom. The summed E-state index contributed by atoms with van der Waals surface area (Å²) in [7, 11) is 0. The van der Waals surface area contributed by atoms with Gasteiger partial charge in [-0.05, 0) is 24.6 Å². The van der Waals surface area contributed by atoms with Crippen molar-refractivity contribution in [2.75, 3.05) is 5.32 Å². The number of rotatable bonds is 6. The fraction of sp³-hybridized carbons (Fsp3) is 0.188. The van der Waals surface area contributed by atoms with Gasteiger partial charge < -0.3 is 10.6 Å². The van der Waals surface area contributed by atoms with E-state index in [4.69, 9.17) is 11.6 Å². The SMILES string of the molecule is C[C@H](Nc1cccc([N+](=O)[O-])c1)C(=O)NCc1ccccc1Cl. The molecule has 1 amide bonds. The monoisotopic (exact) mass is 333 g/mol. The Morgan fingerprint density at radius 3 is 2.70 bits per heavy atom. The van der Waals surface area contributed by atoms with Crippen LogP contribution in [0.25, 0.3) is 0 Å². The van der Waals surface area contributed by atoms with Gasteiger partial charge in [0.1, 0.15) is 6.04 Å². The van der Waals surface area contributed by atoms with Gasteiger partial charge in [-0.3, -0.25) is 14.9 Å². The lowest BCUT2D eigenvalue weighted by molar-refractivity contribution is -0.384. The molecule has 0 radical (unpaired) electrons. The molecule has 2 aromatic rings. The van der Waals surface area contributed by atoms with Gasteiger partial charge >= 0.3 is 0 Å². The summed E-state index contributed by atoms with van der Waals surface area (Å²) in [4.78, 5) is 22.4. The smallest absolute Gasteiger partial charge is 0.271 e. The molecule has 2 N–H and O–H groups in total. The topological polar surface area (TPSA) is 84.3 Å². The van der Waals surface area contributed by atoms with Gasteiger partial charge in [-0.1, -0.05) is 35.9 Å². The molecule has 120 valence electrons. The molecule has 6 nitrogen and oxygen atoms in total. The zero-order valence-electron chi connectivity index (χ0n) is 12.5. The molecule has 2 aromatic carbocycles. The highest BCUT2D eigenvalue weighted by molar-refractivity contribution is 6.31. The molecule has 2 rings (SSSR count). The van der Waals surface area contributed by atoms with Gasteiger partial charge in [0.25, 0.3) is 5.69 Å². The minimum atomic E-state index is -0.542. The number of nitro groups is 1. The van der Waals surface area contributed by atoms with Crippen molar-refractivity contribution in [3.63, 3.8) is 0 Å². The first-order valence-corrected chi connectivity index (χ1v) is 7.37. The predicted molar refractivity (Wildman–Crippen MR) is 89.5 cm³/mol. The van der Waals surface area contributed by atoms with Crippen molar-refractivity contribution in [3.05, 3.63) is 69.2 Å². The van der Waals surface area contributed by atoms with E-state index in [1.54, 1.807) is 25.1 Å². The largest absolute Gasteiger partial charge is 0.374 e. The van der Waals surface area contributed by atoms with E-state index in [1.165, 1.54) is 12.1 Å². The summed E-state index contributed by atoms with van der Waals surface area (Å²) in [5.74, 6) is -0.226. The number of carbonyl (C=O) groups is 1. The van der Waals surface area contributed by atoms with Crippen LogP contribution in [0.4, 0.5) is 11.4 Å². The van der Waals surface area contributed by atoms with E-state index < -0.39 is 11.0 Å². The summed E-state index contributed by atoms with van der Waals surface area (Å²) in [6.07, 6.45) is 0. The molecular weight excluding hydrogens is 318 g/mol. The third-order valence-corrected chi connectivity index (χ3v) is 3.61. The average Bonchev–Trinajstić information content (AvgIpc) is 2.54. The first kappa shape index (κ1) is 16.8. The number of nitrogens with one attached hydrogen (secondary N) is 2. The Balaban J connectivity index is 1.94. The number of hydrogen-bond donors (Lipinski definition) is 2. The molecule has 0 aliphatic heterocycles. The summed E-state index contributed by atoms with van der Waals surface area (Å²) in [6, 6.07) is 12.7. The number of nitro benzene ring substituents is 1. The van der Waals surface area contributed by atoms with Crippen LogP contribution in [0.1, 0.15) is 12.5 Å². The summed E-state index contributed by atoms with van der Waals surface area (Å²) in [6.45, 7) is 2.00. The maximum absolute atomic E-state index is 12.1. The van der Waals surface area contributed by atoms with E-state index in [0.29, 0.717) is 17.3 Å². The van der Waals surface area contributed by atoms with Gasteiger partial charge in [0.15, 0.2) is 0 Å². The quantitative estimate of drug-likeness (QED) is 0.627. The van der Waals surface area contributed by atoms with Crippen LogP contribution in [-0.4, -0.2) is 16.9 Å². The third kappa shape index (κ3) is 4.69. The van der Waals surface area contributed by atoms with Crippen molar-refractivity contribution in [1.29, 1.82) is 0 Å². The molecule has 0 unspecified atom stereocenters. The number of carbonyl (C=O) groups excluding carboxylic acids is 1. The van der Waals surface area contributed by atoms with Crippen LogP contribution >= 0.6 is 11.6 Å². The lowest BCUT2D eigenvalue weighted by Gasteiger charge is -2.15. The first-order valence-electron chi connectivity index (χ1n) is 6.99. The number of nitrogens with zero attached hydrogens (tertiary/aromatic N) is 1. The van der Waals surface area contributed by atoms with Crippen LogP contribution in [0.15, 0.2) is 48.5 Å². The van der Waals surface area contributed by atoms with Crippen molar-refractivity contribution in [1.82, 2.24) is 5.32 Å². The maximum Gasteiger partial charge on any atom is 0.271 e. The minimum Gasteiger partial charge on any atom is -0.374 e. The fourth-order valence-corrected chi connectivity index (χ4v) is 2.20. The Morgan fingerprint density at radius 2 is 2.00 bits per heavy atom. The standard InChI is InChI=1S/C16H16ClN3O3/c1-11(19-13-6-4-7-14(9-13)20(22)23)16(21)18-10-12-5-2-3-8-15(12)17/h2-9,11,19H,10H2,1H3,(H,18,21)/t11-/m0/s1. The van der Waals surface area contributed by atoms with E-state index in [1.807, 2.05) is 18.2 Å². The molecule has 0 aliphatic rings. The maximum atomic E-state index is 12.1. The molecular formula is C16H16ClN3O3. The number of non-ortho nitro benzene ring substituents is 1. The Labute approximate surface area is 138 Å². The number of hydrogen-bond acceptors (Lipinski definition) is 4. The van der Waals surface area contributed by atoms with E-state index >= 15 is 0 Å². The third-order valence-electron chi connectivity index (χ3n) is 3.24. The van der Waals surface area contributed by atoms with E-state index in [2.05, 4.69) is 10.6 Å². The normalized spacial score (nSPS) is 11.6. The van der Waals surface area contributed by atoms with Crippen LogP contribution < -0.4 is 10.6 Å². The summed E-state index contributed by atoms with van der Waals surface area (Å²) in [5, 5.41) is 17.1. The highest BCUT2D eigenvalue weighted by Gasteiger charge is 2.14. The van der Waals surface area contributed by atoms with Crippen LogP contribution in [-0.2, 0) is 11.3 Å². The number of halogens is 1. The number of anilines is 1. The van der Waals surface area contributed by atoms with Gasteiger partial charge in [-0.15, -0.1) is 0 Å². The van der Waals surface area contributed by atoms with E-state index in [9.17, 15) is 14.9 Å². The van der Waals surface area contributed by atoms with Crippen LogP contribution in [0.2, 0.25) is 5.02 Å². The van der Waals surface area contributed by atoms with Gasteiger partial charge in [-0.25, -0.2) is 0 Å². The average molecular weight is 334 g/mol. The Kier molecular flexibility index (Phi) is 5.54. The molecule has 1 atom stereocenters. The second-order valence-electron chi connectivity index (χ2n) is 4.98. The van der Waals surface area contributed by atoms with Crippen LogP contribution in [0, 0.1) is 10.1 Å². The molecule has 0 saturated carbocycles. The van der Waals surface area contributed by atoms with Gasteiger partial charge in [0.05, 0.1) is 4.92 Å². The number of benzene rings is 2. The van der Waals surface area contributed by atoms with Crippen molar-refractivity contribution in [2.45, 2.75) is 19.5 Å². The van der Waals surface area contributed by atoms with Crippen molar-refractivity contribution >= 4 is 28.9 Å². The summed E-state index contributed by atoms with van der Waals surface area (Å²) in [5.41, 5.74) is 1.31.